The number of anilines is 1. The lowest BCUT2D eigenvalue weighted by Gasteiger charge is -2.09. The van der Waals surface area contributed by atoms with Crippen LogP contribution in [0.3, 0.4) is 0 Å². The summed E-state index contributed by atoms with van der Waals surface area (Å²) in [6.07, 6.45) is 7.07. The molecule has 0 spiro atoms. The summed E-state index contributed by atoms with van der Waals surface area (Å²) in [5.41, 5.74) is 1.38. The number of halogens is 4. The van der Waals surface area contributed by atoms with E-state index in [1.807, 2.05) is 4.57 Å². The summed E-state index contributed by atoms with van der Waals surface area (Å²) < 4.78 is 43.3. The van der Waals surface area contributed by atoms with E-state index >= 15 is 0 Å². The van der Waals surface area contributed by atoms with Crippen molar-refractivity contribution >= 4 is 46.1 Å². The van der Waals surface area contributed by atoms with E-state index in [-0.39, 0.29) is 17.8 Å². The van der Waals surface area contributed by atoms with E-state index in [9.17, 15) is 18.0 Å². The van der Waals surface area contributed by atoms with Crippen LogP contribution in [0.25, 0.3) is 12.2 Å². The quantitative estimate of drug-likeness (QED) is 0.287. The van der Waals surface area contributed by atoms with Gasteiger partial charge in [0, 0.05) is 35.9 Å². The Morgan fingerprint density at radius 3 is 2.86 bits per heavy atom. The molecule has 1 amide bonds. The number of hydrogen-bond donors (Lipinski definition) is 1. The molecule has 12 heteroatoms. The van der Waals surface area contributed by atoms with Crippen LogP contribution < -0.4 is 5.32 Å². The van der Waals surface area contributed by atoms with E-state index in [0.717, 1.165) is 18.9 Å². The number of amides is 1. The van der Waals surface area contributed by atoms with Crippen molar-refractivity contribution in [2.75, 3.05) is 5.32 Å². The number of hydrogen-bond acceptors (Lipinski definition) is 5. The molecule has 7 nitrogen and oxygen atoms in total. The first kappa shape index (κ1) is 23.3. The summed E-state index contributed by atoms with van der Waals surface area (Å²) in [4.78, 5) is 25.0. The van der Waals surface area contributed by atoms with Crippen LogP contribution in [0.5, 0.6) is 0 Å². The normalized spacial score (nSPS) is 13.7. The Morgan fingerprint density at radius 2 is 2.11 bits per heavy atom. The molecule has 4 aromatic rings. The first-order valence-electron chi connectivity index (χ1n) is 10.6. The lowest BCUT2D eigenvalue weighted by atomic mass is 10.2. The second kappa shape index (κ2) is 9.67. The molecule has 1 saturated carbocycles. The molecule has 0 aromatic carbocycles. The van der Waals surface area contributed by atoms with Gasteiger partial charge in [-0.3, -0.25) is 10.1 Å². The number of carbonyl (C=O) groups excluding carboxylic acids is 1. The fourth-order valence-electron chi connectivity index (χ4n) is 3.54. The van der Waals surface area contributed by atoms with Crippen molar-refractivity contribution in [3.8, 4) is 0 Å². The summed E-state index contributed by atoms with van der Waals surface area (Å²) in [5.74, 6) is -1.30. The molecule has 0 atom stereocenters. The van der Waals surface area contributed by atoms with Gasteiger partial charge in [-0.15, -0.1) is 11.3 Å². The third kappa shape index (κ3) is 5.30. The monoisotopic (exact) mass is 518 g/mol. The van der Waals surface area contributed by atoms with Gasteiger partial charge in [0.2, 0.25) is 5.95 Å². The van der Waals surface area contributed by atoms with Gasteiger partial charge in [-0.2, -0.15) is 4.39 Å². The molecule has 1 aliphatic carbocycles. The number of carbonyl (C=O) groups is 1. The molecule has 5 rings (SSSR count). The summed E-state index contributed by atoms with van der Waals surface area (Å²) in [5, 5.41) is 5.24. The molecule has 0 aliphatic heterocycles. The van der Waals surface area contributed by atoms with Gasteiger partial charge in [0.25, 0.3) is 12.3 Å². The molecule has 4 heterocycles. The van der Waals surface area contributed by atoms with Gasteiger partial charge in [0.1, 0.15) is 16.5 Å². The highest BCUT2D eigenvalue weighted by Crippen LogP contribution is 2.38. The largest absolute Gasteiger partial charge is 0.339 e. The topological polar surface area (TPSA) is 77.6 Å². The Hall–Kier alpha value is -3.44. The predicted molar refractivity (Wildman–Crippen MR) is 127 cm³/mol. The van der Waals surface area contributed by atoms with E-state index in [1.165, 1.54) is 34.4 Å². The molecule has 4 aromatic heterocycles. The highest BCUT2D eigenvalue weighted by atomic mass is 35.5. The number of rotatable bonds is 8. The molecular weight excluding hydrogens is 501 g/mol. The fourth-order valence-corrected chi connectivity index (χ4v) is 4.50. The smallest absolute Gasteiger partial charge is 0.274 e. The molecule has 0 radical (unpaired) electrons. The summed E-state index contributed by atoms with van der Waals surface area (Å²) in [7, 11) is 0. The molecule has 0 unspecified atom stereocenters. The number of aromatic nitrogens is 5. The van der Waals surface area contributed by atoms with Crippen LogP contribution in [-0.4, -0.2) is 30.0 Å². The van der Waals surface area contributed by atoms with Gasteiger partial charge in [-0.25, -0.2) is 23.7 Å². The first-order valence-corrected chi connectivity index (χ1v) is 11.9. The zero-order valence-electron chi connectivity index (χ0n) is 18.0. The number of nitrogens with zero attached hydrogens (tertiary/aromatic N) is 5. The van der Waals surface area contributed by atoms with Crippen molar-refractivity contribution < 1.29 is 18.0 Å². The summed E-state index contributed by atoms with van der Waals surface area (Å²) in [6.45, 7) is 0.0229. The van der Waals surface area contributed by atoms with Gasteiger partial charge in [-0.05, 0) is 48.8 Å². The maximum absolute atomic E-state index is 13.4. The molecule has 180 valence electrons. The molecule has 1 N–H and O–H groups in total. The minimum atomic E-state index is -2.76. The minimum Gasteiger partial charge on any atom is -0.339 e. The molecule has 35 heavy (non-hydrogen) atoms. The van der Waals surface area contributed by atoms with Crippen LogP contribution in [0.4, 0.5) is 18.3 Å². The summed E-state index contributed by atoms with van der Waals surface area (Å²) in [6, 6.07) is 4.26. The maximum Gasteiger partial charge on any atom is 0.274 e. The van der Waals surface area contributed by atoms with E-state index in [4.69, 9.17) is 11.6 Å². The zero-order chi connectivity index (χ0) is 24.5. The van der Waals surface area contributed by atoms with Gasteiger partial charge >= 0.3 is 0 Å². The van der Waals surface area contributed by atoms with E-state index in [1.54, 1.807) is 29.9 Å². The SMILES string of the molecule is O=C(Nc1nc(/C=C/c2ncn(C3CC3)c2Cl)cs1)c1cc(C(F)F)cn1Cc1ccnc(F)c1. The van der Waals surface area contributed by atoms with E-state index in [2.05, 4.69) is 20.3 Å². The second-order valence-corrected chi connectivity index (χ2v) is 9.21. The lowest BCUT2D eigenvalue weighted by molar-refractivity contribution is 0.101. The Labute approximate surface area is 206 Å². The number of pyridine rings is 1. The average Bonchev–Trinajstić information content (AvgIpc) is 3.23. The Morgan fingerprint density at radius 1 is 1.29 bits per heavy atom. The van der Waals surface area contributed by atoms with Crippen molar-refractivity contribution in [3.05, 3.63) is 81.6 Å². The van der Waals surface area contributed by atoms with Crippen molar-refractivity contribution in [2.45, 2.75) is 31.9 Å². The van der Waals surface area contributed by atoms with E-state index < -0.39 is 18.3 Å². The predicted octanol–water partition coefficient (Wildman–Crippen LogP) is 6.07. The van der Waals surface area contributed by atoms with Crippen molar-refractivity contribution in [1.82, 2.24) is 24.1 Å². The van der Waals surface area contributed by atoms with Gasteiger partial charge in [0.15, 0.2) is 5.13 Å². The number of nitrogens with one attached hydrogen (secondary N) is 1. The third-order valence-electron chi connectivity index (χ3n) is 5.40. The van der Waals surface area contributed by atoms with Gasteiger partial charge in [-0.1, -0.05) is 11.6 Å². The maximum atomic E-state index is 13.4. The fraction of sp³-hybridized carbons (Fsp3) is 0.217. The van der Waals surface area contributed by atoms with Crippen molar-refractivity contribution in [2.24, 2.45) is 0 Å². The highest BCUT2D eigenvalue weighted by Gasteiger charge is 2.26. The standard InChI is InChI=1S/C23H18ClF3N6OS/c24-20-17(29-12-33(20)16-2-3-16)4-1-15-11-35-23(30-15)31-22(34)18-8-14(21(26)27)10-32(18)9-13-5-6-28-19(25)7-13/h1,4-8,10-12,16,21H,2-3,9H2,(H,30,31,34)/b4-1+. The van der Waals surface area contributed by atoms with Crippen molar-refractivity contribution in [1.29, 1.82) is 0 Å². The second-order valence-electron chi connectivity index (χ2n) is 8.00. The van der Waals surface area contributed by atoms with Crippen LogP contribution in [-0.2, 0) is 6.54 Å². The van der Waals surface area contributed by atoms with Gasteiger partial charge < -0.3 is 9.13 Å². The molecule has 1 aliphatic rings. The van der Waals surface area contributed by atoms with Crippen LogP contribution >= 0.6 is 22.9 Å². The first-order chi connectivity index (χ1) is 16.9. The Balaban J connectivity index is 1.31. The third-order valence-corrected chi connectivity index (χ3v) is 6.56. The number of imidazole rings is 1. The Kier molecular flexibility index (Phi) is 6.44. The minimum absolute atomic E-state index is 0.00205. The van der Waals surface area contributed by atoms with Crippen LogP contribution in [0.2, 0.25) is 5.15 Å². The van der Waals surface area contributed by atoms with Gasteiger partial charge in [0.05, 0.1) is 12.0 Å². The van der Waals surface area contributed by atoms with Crippen LogP contribution in [0.15, 0.2) is 42.3 Å². The lowest BCUT2D eigenvalue weighted by Crippen LogP contribution is -2.17. The van der Waals surface area contributed by atoms with Crippen molar-refractivity contribution in [3.63, 3.8) is 0 Å². The summed E-state index contributed by atoms with van der Waals surface area (Å²) >= 11 is 7.56. The Bertz CT molecular complexity index is 1410. The zero-order valence-corrected chi connectivity index (χ0v) is 19.6. The molecule has 0 bridgehead atoms. The number of alkyl halides is 2. The van der Waals surface area contributed by atoms with Crippen LogP contribution in [0.1, 0.15) is 58.3 Å². The average molecular weight is 519 g/mol. The molecular formula is C23H18ClF3N6OS. The molecule has 0 saturated heterocycles. The van der Waals surface area contributed by atoms with E-state index in [0.29, 0.717) is 33.3 Å². The van der Waals surface area contributed by atoms with Crippen LogP contribution in [0, 0.1) is 5.95 Å². The number of thiazole rings is 1. The highest BCUT2D eigenvalue weighted by molar-refractivity contribution is 7.14. The molecule has 1 fully saturated rings.